The Kier molecular flexibility index (Phi) is 4.99. The number of halogens is 2. The van der Waals surface area contributed by atoms with E-state index in [0.29, 0.717) is 5.02 Å². The maximum absolute atomic E-state index is 5.96. The van der Waals surface area contributed by atoms with E-state index in [1.54, 1.807) is 0 Å². The van der Waals surface area contributed by atoms with Gasteiger partial charge in [-0.1, -0.05) is 63.4 Å². The highest BCUT2D eigenvalue weighted by Gasteiger charge is 2.14. The zero-order valence-electron chi connectivity index (χ0n) is 10.7. The summed E-state index contributed by atoms with van der Waals surface area (Å²) >= 11 is 9.50. The first-order chi connectivity index (χ1) is 9.10. The summed E-state index contributed by atoms with van der Waals surface area (Å²) in [5.41, 5.74) is 6.49. The van der Waals surface area contributed by atoms with E-state index in [0.717, 1.165) is 16.5 Å². The van der Waals surface area contributed by atoms with E-state index in [2.05, 4.69) is 52.5 Å². The molecule has 0 aliphatic carbocycles. The van der Waals surface area contributed by atoms with Crippen molar-refractivity contribution in [2.45, 2.75) is 19.4 Å². The highest BCUT2D eigenvalue weighted by Crippen LogP contribution is 2.28. The van der Waals surface area contributed by atoms with Crippen LogP contribution in [-0.2, 0) is 6.42 Å². The lowest BCUT2D eigenvalue weighted by molar-refractivity contribution is 0.550. The Bertz CT molecular complexity index is 572. The van der Waals surface area contributed by atoms with Crippen LogP contribution in [-0.4, -0.2) is 0 Å². The molecule has 2 nitrogen and oxygen atoms in total. The van der Waals surface area contributed by atoms with Crippen LogP contribution in [0.2, 0.25) is 5.02 Å². The first-order valence-corrected chi connectivity index (χ1v) is 7.24. The Morgan fingerprint density at radius 3 is 2.68 bits per heavy atom. The van der Waals surface area contributed by atoms with Gasteiger partial charge in [-0.25, -0.2) is 0 Å². The Labute approximate surface area is 127 Å². The van der Waals surface area contributed by atoms with Crippen LogP contribution in [0, 0.1) is 6.92 Å². The van der Waals surface area contributed by atoms with E-state index in [-0.39, 0.29) is 6.04 Å². The van der Waals surface area contributed by atoms with Crippen molar-refractivity contribution >= 4 is 27.5 Å². The first-order valence-electron chi connectivity index (χ1n) is 6.07. The lowest BCUT2D eigenvalue weighted by Gasteiger charge is -2.18. The summed E-state index contributed by atoms with van der Waals surface area (Å²) in [6, 6.07) is 14.2. The fourth-order valence-electron chi connectivity index (χ4n) is 2.12. The van der Waals surface area contributed by atoms with Gasteiger partial charge in [0.2, 0.25) is 0 Å². The number of hydrazine groups is 1. The number of benzene rings is 2. The molecule has 0 saturated heterocycles. The molecule has 0 radical (unpaired) electrons. The van der Waals surface area contributed by atoms with Crippen LogP contribution >= 0.6 is 27.5 Å². The summed E-state index contributed by atoms with van der Waals surface area (Å²) in [5, 5.41) is 0.710. The van der Waals surface area contributed by atoms with Crippen molar-refractivity contribution in [1.82, 2.24) is 5.43 Å². The number of nitrogens with two attached hydrogens (primary N) is 1. The Morgan fingerprint density at radius 2 is 2.05 bits per heavy atom. The largest absolute Gasteiger partial charge is 0.271 e. The predicted molar refractivity (Wildman–Crippen MR) is 84.1 cm³/mol. The Hall–Kier alpha value is -0.870. The molecule has 0 spiro atoms. The molecule has 0 saturated carbocycles. The van der Waals surface area contributed by atoms with Gasteiger partial charge in [-0.2, -0.15) is 0 Å². The van der Waals surface area contributed by atoms with Crippen LogP contribution in [0.4, 0.5) is 0 Å². The minimum atomic E-state index is 0.0495. The molecule has 4 heteroatoms. The smallest absolute Gasteiger partial charge is 0.0511 e. The second-order valence-electron chi connectivity index (χ2n) is 4.58. The molecular weight excluding hydrogens is 324 g/mol. The van der Waals surface area contributed by atoms with E-state index in [1.807, 2.05) is 18.2 Å². The van der Waals surface area contributed by atoms with E-state index in [9.17, 15) is 0 Å². The monoisotopic (exact) mass is 338 g/mol. The molecule has 2 aromatic rings. The molecule has 0 aromatic heterocycles. The molecule has 0 heterocycles. The van der Waals surface area contributed by atoms with E-state index in [1.165, 1.54) is 11.1 Å². The van der Waals surface area contributed by atoms with Crippen molar-refractivity contribution in [3.63, 3.8) is 0 Å². The zero-order valence-corrected chi connectivity index (χ0v) is 13.0. The minimum Gasteiger partial charge on any atom is -0.271 e. The molecule has 100 valence electrons. The number of rotatable bonds is 4. The van der Waals surface area contributed by atoms with Crippen molar-refractivity contribution in [1.29, 1.82) is 0 Å². The normalized spacial score (nSPS) is 12.4. The number of hydrogen-bond acceptors (Lipinski definition) is 2. The number of hydrogen-bond donors (Lipinski definition) is 2. The standard InChI is InChI=1S/C15H16BrClN2/c1-10-3-2-4-11(7-10)8-15(19-18)13-6-5-12(17)9-14(13)16/h2-7,9,15,19H,8,18H2,1H3. The van der Waals surface area contributed by atoms with Crippen molar-refractivity contribution in [3.8, 4) is 0 Å². The highest BCUT2D eigenvalue weighted by molar-refractivity contribution is 9.10. The lowest BCUT2D eigenvalue weighted by Crippen LogP contribution is -2.29. The van der Waals surface area contributed by atoms with E-state index in [4.69, 9.17) is 17.4 Å². The third-order valence-corrected chi connectivity index (χ3v) is 3.98. The molecule has 0 bridgehead atoms. The van der Waals surface area contributed by atoms with Gasteiger partial charge in [0.15, 0.2) is 0 Å². The van der Waals surface area contributed by atoms with Gasteiger partial charge >= 0.3 is 0 Å². The van der Waals surface area contributed by atoms with Crippen LogP contribution < -0.4 is 11.3 Å². The third-order valence-electron chi connectivity index (χ3n) is 3.06. The van der Waals surface area contributed by atoms with Gasteiger partial charge in [0.25, 0.3) is 0 Å². The fourth-order valence-corrected chi connectivity index (χ4v) is 3.08. The van der Waals surface area contributed by atoms with Crippen LogP contribution in [0.3, 0.4) is 0 Å². The van der Waals surface area contributed by atoms with E-state index >= 15 is 0 Å². The molecule has 1 unspecified atom stereocenters. The average molecular weight is 340 g/mol. The molecule has 0 fully saturated rings. The quantitative estimate of drug-likeness (QED) is 0.648. The summed E-state index contributed by atoms with van der Waals surface area (Å²) in [7, 11) is 0. The third kappa shape index (κ3) is 3.80. The lowest BCUT2D eigenvalue weighted by atomic mass is 9.98. The van der Waals surface area contributed by atoms with Crippen LogP contribution in [0.15, 0.2) is 46.9 Å². The molecule has 0 amide bonds. The average Bonchev–Trinajstić information content (AvgIpc) is 2.37. The predicted octanol–water partition coefficient (Wildman–Crippen LogP) is 4.16. The first kappa shape index (κ1) is 14.5. The molecular formula is C15H16BrClN2. The molecule has 19 heavy (non-hydrogen) atoms. The van der Waals surface area contributed by atoms with Gasteiger partial charge in [-0.05, 0) is 36.6 Å². The Morgan fingerprint density at radius 1 is 1.26 bits per heavy atom. The summed E-state index contributed by atoms with van der Waals surface area (Å²) in [6.07, 6.45) is 0.832. The summed E-state index contributed by atoms with van der Waals surface area (Å²) in [6.45, 7) is 2.09. The molecule has 1 atom stereocenters. The number of nitrogens with one attached hydrogen (secondary N) is 1. The molecule has 2 aromatic carbocycles. The number of aryl methyl sites for hydroxylation is 1. The van der Waals surface area contributed by atoms with Gasteiger partial charge in [-0.15, -0.1) is 0 Å². The minimum absolute atomic E-state index is 0.0495. The summed E-state index contributed by atoms with van der Waals surface area (Å²) in [4.78, 5) is 0. The SMILES string of the molecule is Cc1cccc(CC(NN)c2ccc(Cl)cc2Br)c1. The second-order valence-corrected chi connectivity index (χ2v) is 5.87. The highest BCUT2D eigenvalue weighted by atomic mass is 79.9. The van der Waals surface area contributed by atoms with Gasteiger partial charge in [0.05, 0.1) is 6.04 Å². The van der Waals surface area contributed by atoms with Gasteiger partial charge in [0.1, 0.15) is 0 Å². The molecule has 0 aliphatic heterocycles. The second kappa shape index (κ2) is 6.53. The molecule has 0 aliphatic rings. The maximum atomic E-state index is 5.96. The summed E-state index contributed by atoms with van der Waals surface area (Å²) in [5.74, 6) is 5.69. The van der Waals surface area contributed by atoms with Crippen molar-refractivity contribution in [3.05, 3.63) is 68.7 Å². The molecule has 3 N–H and O–H groups in total. The van der Waals surface area contributed by atoms with Crippen LogP contribution in [0.5, 0.6) is 0 Å². The Balaban J connectivity index is 2.25. The topological polar surface area (TPSA) is 38.0 Å². The van der Waals surface area contributed by atoms with Crippen molar-refractivity contribution in [2.24, 2.45) is 5.84 Å². The molecule has 2 rings (SSSR count). The zero-order chi connectivity index (χ0) is 13.8. The van der Waals surface area contributed by atoms with Gasteiger partial charge < -0.3 is 0 Å². The van der Waals surface area contributed by atoms with Gasteiger partial charge in [0, 0.05) is 9.50 Å². The van der Waals surface area contributed by atoms with E-state index < -0.39 is 0 Å². The maximum Gasteiger partial charge on any atom is 0.0511 e. The van der Waals surface area contributed by atoms with Gasteiger partial charge in [-0.3, -0.25) is 11.3 Å². The fraction of sp³-hybridized carbons (Fsp3) is 0.200. The van der Waals surface area contributed by atoms with Crippen molar-refractivity contribution < 1.29 is 0 Å². The van der Waals surface area contributed by atoms with Crippen LogP contribution in [0.1, 0.15) is 22.7 Å². The van der Waals surface area contributed by atoms with Crippen molar-refractivity contribution in [2.75, 3.05) is 0 Å². The van der Waals surface area contributed by atoms with Crippen LogP contribution in [0.25, 0.3) is 0 Å². The summed E-state index contributed by atoms with van der Waals surface area (Å²) < 4.78 is 0.968.